The van der Waals surface area contributed by atoms with E-state index in [9.17, 15) is 21.0 Å². The molecular formula is C62H37N9. The molecule has 0 amide bonds. The molecule has 9 nitrogen and oxygen atoms in total. The minimum Gasteiger partial charge on any atom is -0.310 e. The zero-order valence-electron chi connectivity index (χ0n) is 37.9. The number of nitrogens with zero attached hydrogens (tertiary/aromatic N) is 9. The number of hydrogen-bond acceptors (Lipinski definition) is 8. The van der Waals surface area contributed by atoms with Crippen molar-refractivity contribution in [1.82, 2.24) is 14.5 Å². The maximum atomic E-state index is 11.1. The monoisotopic (exact) mass is 907 g/mol. The first-order chi connectivity index (χ1) is 35.0. The van der Waals surface area contributed by atoms with E-state index < -0.39 is 0 Å². The highest BCUT2D eigenvalue weighted by atomic mass is 15.1. The Balaban J connectivity index is 1.14. The molecular weight excluding hydrogens is 871 g/mol. The third kappa shape index (κ3) is 8.11. The van der Waals surface area contributed by atoms with Gasteiger partial charge in [0.1, 0.15) is 0 Å². The average molecular weight is 908 g/mol. The molecule has 0 aliphatic heterocycles. The maximum absolute atomic E-state index is 11.1. The van der Waals surface area contributed by atoms with Gasteiger partial charge in [-0.3, -0.25) is 0 Å². The number of aromatic nitrogens is 3. The molecule has 0 unspecified atom stereocenters. The Bertz CT molecular complexity index is 3630. The Kier molecular flexibility index (Phi) is 11.3. The van der Waals surface area contributed by atoms with Crippen LogP contribution >= 0.6 is 0 Å². The van der Waals surface area contributed by atoms with E-state index in [-0.39, 0.29) is 11.1 Å². The van der Waals surface area contributed by atoms with Gasteiger partial charge in [0.2, 0.25) is 0 Å². The Morgan fingerprint density at radius 3 is 1.14 bits per heavy atom. The van der Waals surface area contributed by atoms with Crippen LogP contribution in [0.1, 0.15) is 22.3 Å². The third-order valence-corrected chi connectivity index (χ3v) is 12.5. The predicted octanol–water partition coefficient (Wildman–Crippen LogP) is 15.0. The van der Waals surface area contributed by atoms with E-state index in [1.807, 2.05) is 97.1 Å². The first-order valence-corrected chi connectivity index (χ1v) is 22.8. The standard InChI is InChI=1S/C62H37N9/c63-38-42-21-25-44(26-22-42)57-37-58(68-62(67-57)45-27-23-43(39-64)24-28-45)61-46(40-65)33-54(34-47(61)41-66)71-59-31-29-52(69(48-13-5-1-6-14-48)49-15-7-2-8-16-49)35-55(59)56-36-53(30-32-60(56)71)70(50-17-9-3-10-18-50)51-19-11-4-12-20-51/h1-37H. The molecule has 0 saturated heterocycles. The molecule has 2 heterocycles. The van der Waals surface area contributed by atoms with Gasteiger partial charge in [0.15, 0.2) is 5.82 Å². The number of rotatable bonds is 10. The van der Waals surface area contributed by atoms with Crippen LogP contribution in [0.5, 0.6) is 0 Å². The second-order valence-electron chi connectivity index (χ2n) is 16.7. The summed E-state index contributed by atoms with van der Waals surface area (Å²) in [6.45, 7) is 0. The van der Waals surface area contributed by atoms with Crippen molar-refractivity contribution in [2.24, 2.45) is 0 Å². The van der Waals surface area contributed by atoms with Crippen LogP contribution in [0.4, 0.5) is 34.1 Å². The molecule has 330 valence electrons. The van der Waals surface area contributed by atoms with Crippen LogP contribution < -0.4 is 9.80 Å². The lowest BCUT2D eigenvalue weighted by molar-refractivity contribution is 1.16. The molecule has 0 atom stereocenters. The quantitative estimate of drug-likeness (QED) is 0.132. The third-order valence-electron chi connectivity index (χ3n) is 12.5. The van der Waals surface area contributed by atoms with Gasteiger partial charge in [0.05, 0.1) is 69.0 Å². The summed E-state index contributed by atoms with van der Waals surface area (Å²) in [7, 11) is 0. The molecule has 71 heavy (non-hydrogen) atoms. The molecule has 11 rings (SSSR count). The lowest BCUT2D eigenvalue weighted by Gasteiger charge is -2.26. The fourth-order valence-corrected chi connectivity index (χ4v) is 9.23. The van der Waals surface area contributed by atoms with E-state index >= 15 is 0 Å². The number of benzene rings is 9. The lowest BCUT2D eigenvalue weighted by atomic mass is 9.96. The summed E-state index contributed by atoms with van der Waals surface area (Å²) >= 11 is 0. The van der Waals surface area contributed by atoms with E-state index in [1.54, 1.807) is 42.5 Å². The molecule has 0 spiro atoms. The van der Waals surface area contributed by atoms with Gasteiger partial charge >= 0.3 is 0 Å². The van der Waals surface area contributed by atoms with Crippen molar-refractivity contribution in [2.75, 3.05) is 9.80 Å². The van der Waals surface area contributed by atoms with Gasteiger partial charge in [-0.25, -0.2) is 9.97 Å². The van der Waals surface area contributed by atoms with Crippen LogP contribution in [-0.4, -0.2) is 14.5 Å². The summed E-state index contributed by atoms with van der Waals surface area (Å²) in [5, 5.41) is 43.1. The van der Waals surface area contributed by atoms with Gasteiger partial charge in [-0.05, 0) is 140 Å². The van der Waals surface area contributed by atoms with Crippen LogP contribution in [0.3, 0.4) is 0 Å². The fourth-order valence-electron chi connectivity index (χ4n) is 9.23. The summed E-state index contributed by atoms with van der Waals surface area (Å²) in [5.41, 5.74) is 12.4. The maximum Gasteiger partial charge on any atom is 0.160 e. The Labute approximate surface area is 410 Å². The van der Waals surface area contributed by atoms with Crippen molar-refractivity contribution in [3.8, 4) is 63.9 Å². The Morgan fingerprint density at radius 1 is 0.352 bits per heavy atom. The van der Waals surface area contributed by atoms with Crippen molar-refractivity contribution in [1.29, 1.82) is 21.0 Å². The number of fused-ring (bicyclic) bond motifs is 3. The molecule has 0 fully saturated rings. The van der Waals surface area contributed by atoms with Gasteiger partial charge < -0.3 is 14.4 Å². The second kappa shape index (κ2) is 18.6. The van der Waals surface area contributed by atoms with E-state index in [4.69, 9.17) is 9.97 Å². The van der Waals surface area contributed by atoms with Crippen molar-refractivity contribution >= 4 is 55.9 Å². The first kappa shape index (κ1) is 43.0. The molecule has 0 aliphatic rings. The Morgan fingerprint density at radius 2 is 0.746 bits per heavy atom. The molecule has 9 heteroatoms. The van der Waals surface area contributed by atoms with E-state index in [1.165, 1.54) is 0 Å². The number of para-hydroxylation sites is 4. The highest BCUT2D eigenvalue weighted by Crippen LogP contribution is 2.44. The normalized spacial score (nSPS) is 10.8. The predicted molar refractivity (Wildman–Crippen MR) is 281 cm³/mol. The molecule has 0 bridgehead atoms. The van der Waals surface area contributed by atoms with E-state index in [2.05, 4.69) is 124 Å². The topological polar surface area (TPSA) is 132 Å². The molecule has 0 radical (unpaired) electrons. The molecule has 2 aromatic heterocycles. The summed E-state index contributed by atoms with van der Waals surface area (Å²) in [5.74, 6) is 0.345. The van der Waals surface area contributed by atoms with Crippen molar-refractivity contribution in [3.63, 3.8) is 0 Å². The number of hydrogen-bond donors (Lipinski definition) is 0. The molecule has 0 N–H and O–H groups in total. The summed E-state index contributed by atoms with van der Waals surface area (Å²) in [6.07, 6.45) is 0. The molecule has 0 aliphatic carbocycles. The SMILES string of the molecule is N#Cc1ccc(-c2cc(-c3c(C#N)cc(-n4c5ccc(N(c6ccccc6)c6ccccc6)cc5c5cc(N(c6ccccc6)c6ccccc6)ccc54)cc3C#N)nc(-c3ccc(C#N)cc3)n2)cc1. The summed E-state index contributed by atoms with van der Waals surface area (Å²) in [6, 6.07) is 82.6. The van der Waals surface area contributed by atoms with Gasteiger partial charge in [0.25, 0.3) is 0 Å². The highest BCUT2D eigenvalue weighted by molar-refractivity contribution is 6.12. The van der Waals surface area contributed by atoms with Gasteiger partial charge in [0, 0.05) is 67.3 Å². The van der Waals surface area contributed by atoms with Crippen LogP contribution in [0.15, 0.2) is 224 Å². The van der Waals surface area contributed by atoms with Gasteiger partial charge in [-0.2, -0.15) is 21.0 Å². The lowest BCUT2D eigenvalue weighted by Crippen LogP contribution is -2.09. The largest absolute Gasteiger partial charge is 0.310 e. The average Bonchev–Trinajstić information content (AvgIpc) is 3.77. The van der Waals surface area contributed by atoms with Gasteiger partial charge in [-0.1, -0.05) is 84.9 Å². The zero-order chi connectivity index (χ0) is 48.3. The highest BCUT2D eigenvalue weighted by Gasteiger charge is 2.23. The number of nitriles is 4. The van der Waals surface area contributed by atoms with E-state index in [0.29, 0.717) is 45.2 Å². The Hall–Kier alpha value is -10.6. The second-order valence-corrected chi connectivity index (χ2v) is 16.7. The number of anilines is 6. The molecule has 9 aromatic carbocycles. The molecule has 0 saturated carbocycles. The smallest absolute Gasteiger partial charge is 0.160 e. The van der Waals surface area contributed by atoms with Gasteiger partial charge in [-0.15, -0.1) is 0 Å². The van der Waals surface area contributed by atoms with Crippen molar-refractivity contribution in [2.45, 2.75) is 0 Å². The van der Waals surface area contributed by atoms with Crippen molar-refractivity contribution < 1.29 is 0 Å². The minimum atomic E-state index is 0.246. The summed E-state index contributed by atoms with van der Waals surface area (Å²) < 4.78 is 2.12. The van der Waals surface area contributed by atoms with Crippen LogP contribution in [0, 0.1) is 45.3 Å². The van der Waals surface area contributed by atoms with Crippen LogP contribution in [-0.2, 0) is 0 Å². The molecule has 11 aromatic rings. The first-order valence-electron chi connectivity index (χ1n) is 22.8. The summed E-state index contributed by atoms with van der Waals surface area (Å²) in [4.78, 5) is 14.4. The van der Waals surface area contributed by atoms with E-state index in [0.717, 1.165) is 61.5 Å². The minimum absolute atomic E-state index is 0.246. The van der Waals surface area contributed by atoms with Crippen LogP contribution in [0.2, 0.25) is 0 Å². The zero-order valence-corrected chi connectivity index (χ0v) is 37.9. The van der Waals surface area contributed by atoms with Crippen molar-refractivity contribution in [3.05, 3.63) is 247 Å². The fraction of sp³-hybridized carbons (Fsp3) is 0. The van der Waals surface area contributed by atoms with Crippen LogP contribution in [0.25, 0.3) is 61.4 Å².